The van der Waals surface area contributed by atoms with E-state index in [0.717, 1.165) is 10.2 Å². The minimum Gasteiger partial charge on any atom is -0.486 e. The molecule has 0 N–H and O–H groups in total. The average molecular weight is 370 g/mol. The predicted molar refractivity (Wildman–Crippen MR) is 94.2 cm³/mol. The van der Waals surface area contributed by atoms with Crippen LogP contribution < -0.4 is 23.7 Å². The number of nitrogens with zero attached hydrogens (tertiary/aromatic N) is 2. The van der Waals surface area contributed by atoms with E-state index < -0.39 is 0 Å². The van der Waals surface area contributed by atoms with Gasteiger partial charge in [0.05, 0.1) is 10.2 Å². The molecule has 0 radical (unpaired) electrons. The molecule has 132 valence electrons. The van der Waals surface area contributed by atoms with Gasteiger partial charge in [0.25, 0.3) is 5.91 Å². The van der Waals surface area contributed by atoms with Gasteiger partial charge in [0.1, 0.15) is 13.2 Å². The average Bonchev–Trinajstić information content (AvgIpc) is 3.24. The van der Waals surface area contributed by atoms with E-state index >= 15 is 0 Å². The Balaban J connectivity index is 1.56. The fourth-order valence-corrected chi connectivity index (χ4v) is 3.98. The van der Waals surface area contributed by atoms with Crippen molar-refractivity contribution in [3.05, 3.63) is 40.7 Å². The summed E-state index contributed by atoms with van der Waals surface area (Å²) in [5.41, 5.74) is 1.40. The van der Waals surface area contributed by atoms with E-state index in [4.69, 9.17) is 18.9 Å². The van der Waals surface area contributed by atoms with Crippen molar-refractivity contribution in [1.82, 2.24) is 4.57 Å². The summed E-state index contributed by atoms with van der Waals surface area (Å²) < 4.78 is 24.7. The summed E-state index contributed by atoms with van der Waals surface area (Å²) in [6, 6.07) is 8.92. The minimum absolute atomic E-state index is 0.232. The Morgan fingerprint density at radius 2 is 1.73 bits per heavy atom. The van der Waals surface area contributed by atoms with Crippen molar-refractivity contribution in [1.29, 1.82) is 0 Å². The number of ether oxygens (including phenoxy) is 4. The Morgan fingerprint density at radius 1 is 1.00 bits per heavy atom. The van der Waals surface area contributed by atoms with Gasteiger partial charge in [0, 0.05) is 24.7 Å². The zero-order valence-electron chi connectivity index (χ0n) is 13.9. The van der Waals surface area contributed by atoms with Crippen molar-refractivity contribution in [2.45, 2.75) is 0 Å². The number of carbonyl (C=O) groups excluding carboxylic acids is 1. The van der Waals surface area contributed by atoms with Crippen LogP contribution in [0.2, 0.25) is 0 Å². The highest BCUT2D eigenvalue weighted by molar-refractivity contribution is 7.16. The summed E-state index contributed by atoms with van der Waals surface area (Å²) in [5.74, 6) is 2.31. The zero-order valence-corrected chi connectivity index (χ0v) is 14.7. The molecule has 26 heavy (non-hydrogen) atoms. The highest BCUT2D eigenvalue weighted by Gasteiger charge is 2.18. The van der Waals surface area contributed by atoms with Crippen LogP contribution >= 0.6 is 11.3 Å². The van der Waals surface area contributed by atoms with Gasteiger partial charge in [0.15, 0.2) is 27.8 Å². The minimum atomic E-state index is -0.329. The lowest BCUT2D eigenvalue weighted by atomic mass is 10.2. The zero-order chi connectivity index (χ0) is 17.7. The predicted octanol–water partition coefficient (Wildman–Crippen LogP) is 2.48. The second-order valence-corrected chi connectivity index (χ2v) is 6.90. The lowest BCUT2D eigenvalue weighted by molar-refractivity contribution is 0.0996. The molecule has 0 spiro atoms. The van der Waals surface area contributed by atoms with E-state index in [1.165, 1.54) is 11.3 Å². The summed E-state index contributed by atoms with van der Waals surface area (Å²) in [6.45, 7) is 1.22. The molecule has 8 heteroatoms. The number of carbonyl (C=O) groups is 1. The molecule has 2 aliphatic heterocycles. The number of amides is 1. The molecule has 0 aliphatic carbocycles. The first-order chi connectivity index (χ1) is 12.7. The van der Waals surface area contributed by atoms with E-state index in [0.29, 0.717) is 46.6 Å². The number of hydrogen-bond acceptors (Lipinski definition) is 6. The van der Waals surface area contributed by atoms with Crippen LogP contribution in [0.1, 0.15) is 10.4 Å². The largest absolute Gasteiger partial charge is 0.486 e. The third kappa shape index (κ3) is 2.41. The van der Waals surface area contributed by atoms with Crippen LogP contribution in [-0.2, 0) is 7.05 Å². The molecule has 0 saturated heterocycles. The third-order valence-corrected chi connectivity index (χ3v) is 5.38. The summed E-state index contributed by atoms with van der Waals surface area (Å²) in [6.07, 6.45) is 0. The molecule has 3 heterocycles. The number of hydrogen-bond donors (Lipinski definition) is 0. The summed E-state index contributed by atoms with van der Waals surface area (Å²) in [4.78, 5) is 17.5. The van der Waals surface area contributed by atoms with Gasteiger partial charge in [-0.25, -0.2) is 0 Å². The van der Waals surface area contributed by atoms with Gasteiger partial charge in [-0.1, -0.05) is 11.3 Å². The van der Waals surface area contributed by atoms with Gasteiger partial charge in [0.2, 0.25) is 6.79 Å². The molecule has 0 saturated carbocycles. The van der Waals surface area contributed by atoms with Crippen molar-refractivity contribution < 1.29 is 23.7 Å². The highest BCUT2D eigenvalue weighted by Crippen LogP contribution is 2.36. The van der Waals surface area contributed by atoms with Crippen LogP contribution in [0, 0.1) is 0 Å². The summed E-state index contributed by atoms with van der Waals surface area (Å²) in [5, 5.41) is 0. The van der Waals surface area contributed by atoms with Crippen molar-refractivity contribution >= 4 is 27.5 Å². The van der Waals surface area contributed by atoms with Gasteiger partial charge < -0.3 is 23.5 Å². The van der Waals surface area contributed by atoms with Crippen molar-refractivity contribution in [3.8, 4) is 23.0 Å². The Labute approximate surface area is 152 Å². The van der Waals surface area contributed by atoms with E-state index in [1.807, 2.05) is 23.7 Å². The third-order valence-electron chi connectivity index (χ3n) is 4.29. The topological polar surface area (TPSA) is 71.3 Å². The number of aryl methyl sites for hydroxylation is 1. The Morgan fingerprint density at radius 3 is 2.58 bits per heavy atom. The Kier molecular flexibility index (Phi) is 3.39. The van der Waals surface area contributed by atoms with Crippen LogP contribution in [0.25, 0.3) is 10.2 Å². The van der Waals surface area contributed by atoms with Crippen molar-refractivity contribution in [2.75, 3.05) is 20.0 Å². The number of fused-ring (bicyclic) bond motifs is 3. The second kappa shape index (κ2) is 5.77. The van der Waals surface area contributed by atoms with Crippen molar-refractivity contribution in [2.24, 2.45) is 12.0 Å². The van der Waals surface area contributed by atoms with Crippen LogP contribution in [-0.4, -0.2) is 30.5 Å². The maximum atomic E-state index is 12.6. The lowest BCUT2D eigenvalue weighted by Crippen LogP contribution is -2.16. The molecule has 0 atom stereocenters. The Hall–Kier alpha value is -3.00. The molecule has 1 aromatic heterocycles. The van der Waals surface area contributed by atoms with Gasteiger partial charge >= 0.3 is 0 Å². The lowest BCUT2D eigenvalue weighted by Gasteiger charge is -2.18. The maximum absolute atomic E-state index is 12.6. The monoisotopic (exact) mass is 370 g/mol. The van der Waals surface area contributed by atoms with Gasteiger partial charge in [-0.2, -0.15) is 4.99 Å². The van der Waals surface area contributed by atoms with Gasteiger partial charge in [-0.05, 0) is 18.2 Å². The van der Waals surface area contributed by atoms with E-state index in [-0.39, 0.29) is 12.7 Å². The second-order valence-electron chi connectivity index (χ2n) is 5.89. The molecule has 2 aromatic carbocycles. The quantitative estimate of drug-likeness (QED) is 0.658. The SMILES string of the molecule is Cn1c(=NC(=O)c2ccc3c(c2)OCCO3)sc2cc3c(cc21)OCO3. The first kappa shape index (κ1) is 15.3. The molecule has 0 fully saturated rings. The Bertz CT molecular complexity index is 1110. The fourth-order valence-electron chi connectivity index (χ4n) is 2.95. The molecule has 1 amide bonds. The standard InChI is InChI=1S/C18H14N2O5S/c1-20-11-7-14-15(25-9-24-14)8-16(11)26-18(20)19-17(21)10-2-3-12-13(6-10)23-5-4-22-12/h2-3,6-8H,4-5,9H2,1H3. The smallest absolute Gasteiger partial charge is 0.279 e. The van der Waals surface area contributed by atoms with Crippen LogP contribution in [0.5, 0.6) is 23.0 Å². The maximum Gasteiger partial charge on any atom is 0.279 e. The first-order valence-corrected chi connectivity index (χ1v) is 8.88. The molecule has 2 aliphatic rings. The van der Waals surface area contributed by atoms with Crippen LogP contribution in [0.4, 0.5) is 0 Å². The van der Waals surface area contributed by atoms with E-state index in [1.54, 1.807) is 18.2 Å². The highest BCUT2D eigenvalue weighted by atomic mass is 32.1. The molecule has 0 unspecified atom stereocenters. The number of thiazole rings is 1. The fraction of sp³-hybridized carbons (Fsp3) is 0.222. The normalized spacial score (nSPS) is 15.5. The molecule has 3 aromatic rings. The van der Waals surface area contributed by atoms with E-state index in [2.05, 4.69) is 4.99 Å². The molecular formula is C18H14N2O5S. The molecule has 0 bridgehead atoms. The number of benzene rings is 2. The van der Waals surface area contributed by atoms with Crippen LogP contribution in [0.3, 0.4) is 0 Å². The van der Waals surface area contributed by atoms with Crippen LogP contribution in [0.15, 0.2) is 35.3 Å². The number of aromatic nitrogens is 1. The van der Waals surface area contributed by atoms with Gasteiger partial charge in [-0.15, -0.1) is 0 Å². The molecule has 5 rings (SSSR count). The summed E-state index contributed by atoms with van der Waals surface area (Å²) in [7, 11) is 1.87. The number of rotatable bonds is 1. The molecule has 7 nitrogen and oxygen atoms in total. The summed E-state index contributed by atoms with van der Waals surface area (Å²) >= 11 is 1.43. The first-order valence-electron chi connectivity index (χ1n) is 8.07. The molecular weight excluding hydrogens is 356 g/mol. The van der Waals surface area contributed by atoms with Crippen molar-refractivity contribution in [3.63, 3.8) is 0 Å². The van der Waals surface area contributed by atoms with Gasteiger partial charge in [-0.3, -0.25) is 4.79 Å². The van der Waals surface area contributed by atoms with E-state index in [9.17, 15) is 4.79 Å².